The maximum absolute atomic E-state index is 12.3. The van der Waals surface area contributed by atoms with Crippen molar-refractivity contribution in [1.29, 1.82) is 0 Å². The second-order valence-electron chi connectivity index (χ2n) is 4.34. The number of aromatic hydroxyl groups is 1. The van der Waals surface area contributed by atoms with Crippen molar-refractivity contribution in [3.8, 4) is 28.5 Å². The van der Waals surface area contributed by atoms with Crippen molar-refractivity contribution in [2.45, 2.75) is 6.92 Å². The van der Waals surface area contributed by atoms with Gasteiger partial charge in [-0.05, 0) is 13.0 Å². The minimum atomic E-state index is -0.407. The van der Waals surface area contributed by atoms with Gasteiger partial charge in [0.25, 0.3) is 5.56 Å². The molecule has 0 bridgehead atoms. The molecule has 0 amide bonds. The fourth-order valence-corrected chi connectivity index (χ4v) is 3.04. The van der Waals surface area contributed by atoms with Gasteiger partial charge in [0.15, 0.2) is 5.82 Å². The van der Waals surface area contributed by atoms with Gasteiger partial charge in [0.1, 0.15) is 11.3 Å². The average Bonchev–Trinajstić information content (AvgIpc) is 2.87. The summed E-state index contributed by atoms with van der Waals surface area (Å²) in [5.41, 5.74) is 0.863. The van der Waals surface area contributed by atoms with Crippen LogP contribution in [-0.2, 0) is 0 Å². The molecule has 0 spiro atoms. The molecule has 0 aliphatic heterocycles. The predicted octanol–water partition coefficient (Wildman–Crippen LogP) is 3.34. The van der Waals surface area contributed by atoms with Gasteiger partial charge < -0.3 is 10.1 Å². The average molecular weight is 364 g/mol. The Morgan fingerprint density at radius 3 is 2.67 bits per heavy atom. The molecular formula is C14H10BrN3O2S. The number of aromatic nitrogens is 3. The lowest BCUT2D eigenvalue weighted by Gasteiger charge is -2.06. The fourth-order valence-electron chi connectivity index (χ4n) is 1.96. The zero-order valence-corrected chi connectivity index (χ0v) is 13.3. The number of nitrogens with one attached hydrogen (secondary N) is 1. The first-order valence-electron chi connectivity index (χ1n) is 6.07. The van der Waals surface area contributed by atoms with Crippen LogP contribution in [0.1, 0.15) is 5.01 Å². The summed E-state index contributed by atoms with van der Waals surface area (Å²) in [4.78, 5) is 23.3. The van der Waals surface area contributed by atoms with Crippen molar-refractivity contribution >= 4 is 27.3 Å². The molecule has 0 saturated carbocycles. The molecule has 21 heavy (non-hydrogen) atoms. The first-order valence-corrected chi connectivity index (χ1v) is 7.74. The highest BCUT2D eigenvalue weighted by Gasteiger charge is 2.16. The van der Waals surface area contributed by atoms with Crippen molar-refractivity contribution in [2.75, 3.05) is 0 Å². The van der Waals surface area contributed by atoms with Crippen LogP contribution in [0.4, 0.5) is 0 Å². The van der Waals surface area contributed by atoms with Gasteiger partial charge in [-0.15, -0.1) is 11.3 Å². The standard InChI is InChI=1S/C14H10BrN3O2S/c1-7-16-10(6-21-7)12-17-13(19)11(14(20)18-12)8-4-2-3-5-9(8)15/h2-6H,1H3,(H2,17,18,19,20). The molecule has 0 atom stereocenters. The highest BCUT2D eigenvalue weighted by atomic mass is 79.9. The zero-order valence-electron chi connectivity index (χ0n) is 10.9. The zero-order chi connectivity index (χ0) is 15.0. The Labute approximate surface area is 132 Å². The maximum Gasteiger partial charge on any atom is 0.263 e. The molecule has 3 rings (SSSR count). The highest BCUT2D eigenvalue weighted by molar-refractivity contribution is 9.10. The number of aromatic amines is 1. The number of benzene rings is 1. The Balaban J connectivity index is 2.18. The molecule has 2 N–H and O–H groups in total. The summed E-state index contributed by atoms with van der Waals surface area (Å²) in [6.45, 7) is 1.86. The lowest BCUT2D eigenvalue weighted by molar-refractivity contribution is 0.454. The molecule has 2 heterocycles. The molecule has 0 aliphatic carbocycles. The van der Waals surface area contributed by atoms with E-state index in [2.05, 4.69) is 30.9 Å². The molecule has 0 saturated heterocycles. The van der Waals surface area contributed by atoms with Crippen LogP contribution in [0.15, 0.2) is 38.9 Å². The number of thiazole rings is 1. The van der Waals surface area contributed by atoms with E-state index in [1.807, 2.05) is 13.0 Å². The molecule has 7 heteroatoms. The second kappa shape index (κ2) is 5.42. The van der Waals surface area contributed by atoms with Crippen LogP contribution < -0.4 is 5.56 Å². The fraction of sp³-hybridized carbons (Fsp3) is 0.0714. The highest BCUT2D eigenvalue weighted by Crippen LogP contribution is 2.31. The predicted molar refractivity (Wildman–Crippen MR) is 85.5 cm³/mol. The number of hydrogen-bond acceptors (Lipinski definition) is 5. The quantitative estimate of drug-likeness (QED) is 0.731. The van der Waals surface area contributed by atoms with Gasteiger partial charge in [-0.2, -0.15) is 4.98 Å². The molecule has 2 aromatic heterocycles. The Bertz CT molecular complexity index is 873. The van der Waals surface area contributed by atoms with Gasteiger partial charge in [0.05, 0.1) is 5.01 Å². The van der Waals surface area contributed by atoms with E-state index >= 15 is 0 Å². The summed E-state index contributed by atoms with van der Waals surface area (Å²) in [5, 5.41) is 12.8. The molecule has 0 radical (unpaired) electrons. The van der Waals surface area contributed by atoms with Crippen LogP contribution in [0.5, 0.6) is 5.88 Å². The number of nitrogens with zero attached hydrogens (tertiary/aromatic N) is 2. The summed E-state index contributed by atoms with van der Waals surface area (Å²) in [6.07, 6.45) is 0. The van der Waals surface area contributed by atoms with Crippen LogP contribution >= 0.6 is 27.3 Å². The molecule has 5 nitrogen and oxygen atoms in total. The Morgan fingerprint density at radius 2 is 2.05 bits per heavy atom. The van der Waals surface area contributed by atoms with E-state index in [1.165, 1.54) is 11.3 Å². The minimum absolute atomic E-state index is 0.137. The van der Waals surface area contributed by atoms with Crippen LogP contribution in [-0.4, -0.2) is 20.1 Å². The molecule has 106 valence electrons. The molecule has 1 aromatic carbocycles. The van der Waals surface area contributed by atoms with Gasteiger partial charge in [-0.25, -0.2) is 4.98 Å². The molecule has 0 aliphatic rings. The maximum atomic E-state index is 12.3. The Morgan fingerprint density at radius 1 is 1.29 bits per heavy atom. The SMILES string of the molecule is Cc1nc(-c2nc(O)c(-c3ccccc3Br)c(=O)[nH]2)cs1. The van der Waals surface area contributed by atoms with E-state index in [0.29, 0.717) is 15.7 Å². The van der Waals surface area contributed by atoms with Crippen molar-refractivity contribution in [3.63, 3.8) is 0 Å². The topological polar surface area (TPSA) is 78.9 Å². The monoisotopic (exact) mass is 363 g/mol. The number of rotatable bonds is 2. The third-order valence-corrected chi connectivity index (χ3v) is 4.37. The van der Waals surface area contributed by atoms with E-state index in [-0.39, 0.29) is 17.3 Å². The third-order valence-electron chi connectivity index (χ3n) is 2.91. The van der Waals surface area contributed by atoms with E-state index in [1.54, 1.807) is 23.6 Å². The van der Waals surface area contributed by atoms with Gasteiger partial charge in [0, 0.05) is 15.4 Å². The second-order valence-corrected chi connectivity index (χ2v) is 6.26. The van der Waals surface area contributed by atoms with Crippen molar-refractivity contribution < 1.29 is 5.11 Å². The van der Waals surface area contributed by atoms with Crippen LogP contribution in [0.3, 0.4) is 0 Å². The largest absolute Gasteiger partial charge is 0.493 e. The van der Waals surface area contributed by atoms with Crippen LogP contribution in [0, 0.1) is 6.92 Å². The normalized spacial score (nSPS) is 10.8. The molecule has 0 unspecified atom stereocenters. The molecule has 0 fully saturated rings. The van der Waals surface area contributed by atoms with Gasteiger partial charge in [0.2, 0.25) is 5.88 Å². The summed E-state index contributed by atoms with van der Waals surface area (Å²) >= 11 is 4.82. The smallest absolute Gasteiger partial charge is 0.263 e. The first-order chi connectivity index (χ1) is 10.1. The molecular weight excluding hydrogens is 354 g/mol. The van der Waals surface area contributed by atoms with Gasteiger partial charge in [-0.3, -0.25) is 4.79 Å². The lowest BCUT2D eigenvalue weighted by atomic mass is 10.1. The van der Waals surface area contributed by atoms with Crippen molar-refractivity contribution in [3.05, 3.63) is 49.5 Å². The number of halogens is 1. The minimum Gasteiger partial charge on any atom is -0.493 e. The number of H-pyrrole nitrogens is 1. The number of aryl methyl sites for hydroxylation is 1. The number of hydrogen-bond donors (Lipinski definition) is 2. The van der Waals surface area contributed by atoms with Gasteiger partial charge in [-0.1, -0.05) is 34.1 Å². The third kappa shape index (κ3) is 2.62. The first kappa shape index (κ1) is 14.0. The summed E-state index contributed by atoms with van der Waals surface area (Å²) in [7, 11) is 0. The van der Waals surface area contributed by atoms with Crippen molar-refractivity contribution in [2.24, 2.45) is 0 Å². The van der Waals surface area contributed by atoms with E-state index < -0.39 is 5.56 Å². The summed E-state index contributed by atoms with van der Waals surface area (Å²) < 4.78 is 0.713. The van der Waals surface area contributed by atoms with E-state index in [0.717, 1.165) is 5.01 Å². The lowest BCUT2D eigenvalue weighted by Crippen LogP contribution is -2.12. The van der Waals surface area contributed by atoms with Crippen LogP contribution in [0.25, 0.3) is 22.6 Å². The van der Waals surface area contributed by atoms with E-state index in [4.69, 9.17) is 0 Å². The summed E-state index contributed by atoms with van der Waals surface area (Å²) in [6, 6.07) is 7.16. The summed E-state index contributed by atoms with van der Waals surface area (Å²) in [5.74, 6) is -0.0519. The van der Waals surface area contributed by atoms with Crippen LogP contribution in [0.2, 0.25) is 0 Å². The Kier molecular flexibility index (Phi) is 3.60. The Hall–Kier alpha value is -1.99. The molecule has 3 aromatic rings. The van der Waals surface area contributed by atoms with Gasteiger partial charge >= 0.3 is 0 Å². The van der Waals surface area contributed by atoms with Crippen molar-refractivity contribution in [1.82, 2.24) is 15.0 Å². The van der Waals surface area contributed by atoms with E-state index in [9.17, 15) is 9.90 Å².